The van der Waals surface area contributed by atoms with E-state index in [1.165, 1.54) is 12.1 Å². The van der Waals surface area contributed by atoms with E-state index in [0.29, 0.717) is 12.2 Å². The smallest absolute Gasteiger partial charge is 0.295 e. The van der Waals surface area contributed by atoms with Gasteiger partial charge in [-0.2, -0.15) is 5.26 Å². The number of amides is 1. The van der Waals surface area contributed by atoms with Crippen molar-refractivity contribution >= 4 is 11.6 Å². The number of nitrogens with one attached hydrogen (secondary N) is 2. The second-order valence-electron chi connectivity index (χ2n) is 4.12. The largest absolute Gasteiger partial charge is 0.317 e. The van der Waals surface area contributed by atoms with Crippen LogP contribution in [0.4, 0.5) is 10.1 Å². The summed E-state index contributed by atoms with van der Waals surface area (Å²) in [5.41, 5.74) is 0.166. The molecule has 0 aliphatic rings. The van der Waals surface area contributed by atoms with Crippen LogP contribution in [-0.4, -0.2) is 21.1 Å². The molecule has 2 N–H and O–H groups in total. The minimum Gasteiger partial charge on any atom is -0.317 e. The molecule has 0 aliphatic heterocycles. The van der Waals surface area contributed by atoms with Gasteiger partial charge in [-0.3, -0.25) is 9.89 Å². The summed E-state index contributed by atoms with van der Waals surface area (Å²) < 4.78 is 13.6. The number of carbonyl (C=O) groups is 1. The lowest BCUT2D eigenvalue weighted by Crippen LogP contribution is -2.15. The molecule has 0 fully saturated rings. The Morgan fingerprint density at radius 1 is 1.55 bits per heavy atom. The van der Waals surface area contributed by atoms with Crippen LogP contribution in [0.5, 0.6) is 0 Å². The van der Waals surface area contributed by atoms with E-state index < -0.39 is 11.7 Å². The van der Waals surface area contributed by atoms with Gasteiger partial charge in [-0.25, -0.2) is 9.37 Å². The first-order valence-electron chi connectivity index (χ1n) is 6.06. The van der Waals surface area contributed by atoms with Gasteiger partial charge < -0.3 is 5.32 Å². The number of H-pyrrole nitrogens is 1. The number of halogens is 1. The maximum atomic E-state index is 13.6. The summed E-state index contributed by atoms with van der Waals surface area (Å²) >= 11 is 0. The SMILES string of the molecule is CCCc1nc(C(=O)Nc2ccc(C#N)cc2F)n[nH]1. The van der Waals surface area contributed by atoms with Gasteiger partial charge >= 0.3 is 0 Å². The van der Waals surface area contributed by atoms with Crippen molar-refractivity contribution in [2.24, 2.45) is 0 Å². The number of rotatable bonds is 4. The highest BCUT2D eigenvalue weighted by Gasteiger charge is 2.14. The zero-order chi connectivity index (χ0) is 14.5. The molecule has 0 atom stereocenters. The molecule has 0 bridgehead atoms. The molecular weight excluding hydrogens is 261 g/mol. The number of aryl methyl sites for hydroxylation is 1. The van der Waals surface area contributed by atoms with Crippen LogP contribution in [0.2, 0.25) is 0 Å². The van der Waals surface area contributed by atoms with Crippen LogP contribution in [-0.2, 0) is 6.42 Å². The first kappa shape index (κ1) is 13.7. The lowest BCUT2D eigenvalue weighted by Gasteiger charge is -2.03. The van der Waals surface area contributed by atoms with Crippen LogP contribution in [0.15, 0.2) is 18.2 Å². The van der Waals surface area contributed by atoms with Gasteiger partial charge in [0.1, 0.15) is 11.6 Å². The Kier molecular flexibility index (Phi) is 4.05. The molecule has 1 amide bonds. The lowest BCUT2D eigenvalue weighted by atomic mass is 10.2. The zero-order valence-electron chi connectivity index (χ0n) is 10.8. The zero-order valence-corrected chi connectivity index (χ0v) is 10.8. The summed E-state index contributed by atoms with van der Waals surface area (Å²) in [7, 11) is 0. The normalized spacial score (nSPS) is 10.1. The highest BCUT2D eigenvalue weighted by atomic mass is 19.1. The number of nitriles is 1. The minimum absolute atomic E-state index is 0.0177. The third-order valence-corrected chi connectivity index (χ3v) is 2.57. The third kappa shape index (κ3) is 2.98. The molecule has 1 aromatic carbocycles. The number of nitrogens with zero attached hydrogens (tertiary/aromatic N) is 3. The molecule has 2 aromatic rings. The van der Waals surface area contributed by atoms with E-state index in [-0.39, 0.29) is 17.1 Å². The number of carbonyl (C=O) groups excluding carboxylic acids is 1. The summed E-state index contributed by atoms with van der Waals surface area (Å²) in [5.74, 6) is -0.718. The van der Waals surface area contributed by atoms with Crippen LogP contribution in [0.25, 0.3) is 0 Å². The van der Waals surface area contributed by atoms with E-state index in [0.717, 1.165) is 12.5 Å². The van der Waals surface area contributed by atoms with Gasteiger partial charge in [0.2, 0.25) is 5.82 Å². The molecule has 0 radical (unpaired) electrons. The van der Waals surface area contributed by atoms with E-state index >= 15 is 0 Å². The molecule has 2 rings (SSSR count). The molecule has 102 valence electrons. The Hall–Kier alpha value is -2.75. The lowest BCUT2D eigenvalue weighted by molar-refractivity contribution is 0.101. The van der Waals surface area contributed by atoms with Crippen LogP contribution >= 0.6 is 0 Å². The molecule has 0 spiro atoms. The van der Waals surface area contributed by atoms with Crippen molar-refractivity contribution in [3.8, 4) is 6.07 Å². The topological polar surface area (TPSA) is 94.5 Å². The van der Waals surface area contributed by atoms with Gasteiger partial charge in [0, 0.05) is 6.42 Å². The van der Waals surface area contributed by atoms with Crippen LogP contribution < -0.4 is 5.32 Å². The summed E-state index contributed by atoms with van der Waals surface area (Å²) in [6.45, 7) is 1.98. The molecule has 7 heteroatoms. The summed E-state index contributed by atoms with van der Waals surface area (Å²) in [4.78, 5) is 15.9. The summed E-state index contributed by atoms with van der Waals surface area (Å²) in [5, 5.41) is 17.4. The average Bonchev–Trinajstić information content (AvgIpc) is 2.90. The van der Waals surface area contributed by atoms with Gasteiger partial charge in [0.15, 0.2) is 0 Å². The third-order valence-electron chi connectivity index (χ3n) is 2.57. The van der Waals surface area contributed by atoms with E-state index in [9.17, 15) is 9.18 Å². The van der Waals surface area contributed by atoms with Crippen LogP contribution in [0.1, 0.15) is 35.4 Å². The van der Waals surface area contributed by atoms with Gasteiger partial charge in [0.05, 0.1) is 17.3 Å². The monoisotopic (exact) mass is 273 g/mol. The quantitative estimate of drug-likeness (QED) is 0.891. The molecule has 6 nitrogen and oxygen atoms in total. The first-order valence-corrected chi connectivity index (χ1v) is 6.06. The summed E-state index contributed by atoms with van der Waals surface area (Å²) in [6, 6.07) is 5.61. The Morgan fingerprint density at radius 2 is 2.35 bits per heavy atom. The molecule has 0 saturated carbocycles. The number of aromatic amines is 1. The molecular formula is C13H12FN5O. The maximum absolute atomic E-state index is 13.6. The highest BCUT2D eigenvalue weighted by molar-refractivity contribution is 6.01. The molecule has 0 saturated heterocycles. The highest BCUT2D eigenvalue weighted by Crippen LogP contribution is 2.15. The van der Waals surface area contributed by atoms with Crippen molar-refractivity contribution < 1.29 is 9.18 Å². The fourth-order valence-electron chi connectivity index (χ4n) is 1.61. The molecule has 1 aromatic heterocycles. The number of benzene rings is 1. The van der Waals surface area contributed by atoms with Gasteiger partial charge in [-0.1, -0.05) is 6.92 Å². The minimum atomic E-state index is -0.679. The predicted octanol–water partition coefficient (Wildman–Crippen LogP) is 2.02. The Labute approximate surface area is 114 Å². The van der Waals surface area contributed by atoms with Crippen molar-refractivity contribution in [3.05, 3.63) is 41.2 Å². The van der Waals surface area contributed by atoms with E-state index in [1.807, 2.05) is 13.0 Å². The fraction of sp³-hybridized carbons (Fsp3) is 0.231. The van der Waals surface area contributed by atoms with Gasteiger partial charge in [-0.05, 0) is 24.6 Å². The van der Waals surface area contributed by atoms with E-state index in [4.69, 9.17) is 5.26 Å². The first-order chi connectivity index (χ1) is 9.63. The number of hydrogen-bond donors (Lipinski definition) is 2. The second kappa shape index (κ2) is 5.93. The second-order valence-corrected chi connectivity index (χ2v) is 4.12. The maximum Gasteiger partial charge on any atom is 0.295 e. The van der Waals surface area contributed by atoms with Crippen molar-refractivity contribution in [1.29, 1.82) is 5.26 Å². The van der Waals surface area contributed by atoms with Crippen molar-refractivity contribution in [3.63, 3.8) is 0 Å². The number of anilines is 1. The van der Waals surface area contributed by atoms with E-state index in [1.54, 1.807) is 0 Å². The van der Waals surface area contributed by atoms with Crippen molar-refractivity contribution in [2.75, 3.05) is 5.32 Å². The van der Waals surface area contributed by atoms with Crippen molar-refractivity contribution in [1.82, 2.24) is 15.2 Å². The Balaban J connectivity index is 2.13. The van der Waals surface area contributed by atoms with Gasteiger partial charge in [0.25, 0.3) is 5.91 Å². The van der Waals surface area contributed by atoms with E-state index in [2.05, 4.69) is 20.5 Å². The molecule has 20 heavy (non-hydrogen) atoms. The summed E-state index contributed by atoms with van der Waals surface area (Å²) in [6.07, 6.45) is 1.56. The Bertz CT molecular complexity index is 674. The average molecular weight is 273 g/mol. The number of aromatic nitrogens is 3. The Morgan fingerprint density at radius 3 is 3.00 bits per heavy atom. The number of hydrogen-bond acceptors (Lipinski definition) is 4. The van der Waals surface area contributed by atoms with Gasteiger partial charge in [-0.15, -0.1) is 5.10 Å². The fourth-order valence-corrected chi connectivity index (χ4v) is 1.61. The van der Waals surface area contributed by atoms with Crippen LogP contribution in [0.3, 0.4) is 0 Å². The van der Waals surface area contributed by atoms with Crippen LogP contribution in [0, 0.1) is 17.1 Å². The standard InChI is InChI=1S/C13H12FN5O/c1-2-3-11-17-12(19-18-11)13(20)16-10-5-4-8(7-15)6-9(10)14/h4-6H,2-3H2,1H3,(H,16,20)(H,17,18,19). The molecule has 0 aliphatic carbocycles. The molecule has 1 heterocycles. The predicted molar refractivity (Wildman–Crippen MR) is 69.4 cm³/mol. The molecule has 0 unspecified atom stereocenters. The van der Waals surface area contributed by atoms with Crippen molar-refractivity contribution in [2.45, 2.75) is 19.8 Å².